The smallest absolute Gasteiger partial charge is 0.356 e. The fourth-order valence-corrected chi connectivity index (χ4v) is 2.18. The van der Waals surface area contributed by atoms with Crippen molar-refractivity contribution in [2.45, 2.75) is 0 Å². The van der Waals surface area contributed by atoms with Gasteiger partial charge in [-0.25, -0.2) is 9.78 Å². The fraction of sp³-hybridized carbons (Fsp3) is 0.0556. The molecule has 2 heterocycles. The molecule has 0 saturated heterocycles. The summed E-state index contributed by atoms with van der Waals surface area (Å²) >= 11 is 0. The van der Waals surface area contributed by atoms with E-state index in [0.717, 1.165) is 16.8 Å². The van der Waals surface area contributed by atoms with Crippen LogP contribution in [-0.2, 0) is 4.74 Å². The third-order valence-electron chi connectivity index (χ3n) is 3.25. The van der Waals surface area contributed by atoms with Crippen molar-refractivity contribution < 1.29 is 9.53 Å². The van der Waals surface area contributed by atoms with Crippen molar-refractivity contribution in [3.63, 3.8) is 0 Å². The lowest BCUT2D eigenvalue weighted by molar-refractivity contribution is 0.0594. The number of ether oxygens (including phenoxy) is 1. The first kappa shape index (κ1) is 13.9. The van der Waals surface area contributed by atoms with Gasteiger partial charge in [0, 0.05) is 17.3 Å². The third kappa shape index (κ3) is 2.86. The molecule has 108 valence electrons. The number of hydrogen-bond donors (Lipinski definition) is 0. The Hall–Kier alpha value is -3.01. The first-order valence-corrected chi connectivity index (χ1v) is 6.85. The molecule has 0 fully saturated rings. The summed E-state index contributed by atoms with van der Waals surface area (Å²) in [7, 11) is 1.35. The molecule has 0 aliphatic heterocycles. The molecule has 0 aliphatic carbocycles. The van der Waals surface area contributed by atoms with E-state index >= 15 is 0 Å². The molecule has 22 heavy (non-hydrogen) atoms. The SMILES string of the molecule is COC(=O)c1cc(-c2ccccn2)cc(-c2ccccc2)n1. The second-order valence-electron chi connectivity index (χ2n) is 4.70. The normalized spacial score (nSPS) is 10.2. The molecule has 4 nitrogen and oxygen atoms in total. The van der Waals surface area contributed by atoms with E-state index in [0.29, 0.717) is 5.69 Å². The van der Waals surface area contributed by atoms with Gasteiger partial charge in [0.25, 0.3) is 0 Å². The summed E-state index contributed by atoms with van der Waals surface area (Å²) in [6.07, 6.45) is 1.72. The fourth-order valence-electron chi connectivity index (χ4n) is 2.18. The lowest BCUT2D eigenvalue weighted by atomic mass is 10.1. The zero-order valence-electron chi connectivity index (χ0n) is 12.1. The van der Waals surface area contributed by atoms with E-state index in [2.05, 4.69) is 9.97 Å². The molecular weight excluding hydrogens is 276 g/mol. The molecule has 2 aromatic heterocycles. The van der Waals surface area contributed by atoms with Gasteiger partial charge in [0.2, 0.25) is 0 Å². The van der Waals surface area contributed by atoms with Gasteiger partial charge in [-0.2, -0.15) is 0 Å². The molecule has 4 heteroatoms. The van der Waals surface area contributed by atoms with Crippen molar-refractivity contribution >= 4 is 5.97 Å². The van der Waals surface area contributed by atoms with Crippen LogP contribution in [0.25, 0.3) is 22.5 Å². The minimum absolute atomic E-state index is 0.268. The number of carbonyl (C=O) groups is 1. The van der Waals surface area contributed by atoms with Crippen LogP contribution in [0.3, 0.4) is 0 Å². The van der Waals surface area contributed by atoms with E-state index in [1.54, 1.807) is 12.3 Å². The minimum Gasteiger partial charge on any atom is -0.464 e. The monoisotopic (exact) mass is 290 g/mol. The zero-order chi connectivity index (χ0) is 15.4. The van der Waals surface area contributed by atoms with Gasteiger partial charge in [-0.05, 0) is 24.3 Å². The van der Waals surface area contributed by atoms with Gasteiger partial charge in [-0.15, -0.1) is 0 Å². The predicted octanol–water partition coefficient (Wildman–Crippen LogP) is 3.60. The quantitative estimate of drug-likeness (QED) is 0.692. The van der Waals surface area contributed by atoms with E-state index in [-0.39, 0.29) is 5.69 Å². The lowest BCUT2D eigenvalue weighted by Gasteiger charge is -2.08. The van der Waals surface area contributed by atoms with Gasteiger partial charge in [0.05, 0.1) is 18.5 Å². The predicted molar refractivity (Wildman–Crippen MR) is 84.2 cm³/mol. The molecule has 0 N–H and O–H groups in total. The zero-order valence-corrected chi connectivity index (χ0v) is 12.1. The summed E-state index contributed by atoms with van der Waals surface area (Å²) in [6, 6.07) is 19.0. The van der Waals surface area contributed by atoms with Crippen LogP contribution in [-0.4, -0.2) is 23.0 Å². The molecule has 0 aliphatic rings. The highest BCUT2D eigenvalue weighted by atomic mass is 16.5. The average molecular weight is 290 g/mol. The molecular formula is C18H14N2O2. The highest BCUT2D eigenvalue weighted by molar-refractivity contribution is 5.89. The molecule has 0 atom stereocenters. The standard InChI is InChI=1S/C18H14N2O2/c1-22-18(21)17-12-14(15-9-5-6-10-19-15)11-16(20-17)13-7-3-2-4-8-13/h2-12H,1H3. The first-order valence-electron chi connectivity index (χ1n) is 6.85. The van der Waals surface area contributed by atoms with Gasteiger partial charge in [0.15, 0.2) is 0 Å². The number of carbonyl (C=O) groups excluding carboxylic acids is 1. The number of aromatic nitrogens is 2. The lowest BCUT2D eigenvalue weighted by Crippen LogP contribution is -2.05. The van der Waals surface area contributed by atoms with Crippen molar-refractivity contribution in [2.24, 2.45) is 0 Å². The van der Waals surface area contributed by atoms with E-state index in [9.17, 15) is 4.79 Å². The van der Waals surface area contributed by atoms with Crippen LogP contribution in [0, 0.1) is 0 Å². The van der Waals surface area contributed by atoms with Crippen LogP contribution in [0.5, 0.6) is 0 Å². The summed E-state index contributed by atoms with van der Waals surface area (Å²) in [6.45, 7) is 0. The van der Waals surface area contributed by atoms with Crippen molar-refractivity contribution in [1.82, 2.24) is 9.97 Å². The van der Waals surface area contributed by atoms with Crippen molar-refractivity contribution in [3.05, 3.63) is 72.6 Å². The number of esters is 1. The molecule has 3 aromatic rings. The minimum atomic E-state index is -0.463. The van der Waals surface area contributed by atoms with Gasteiger partial charge in [-0.1, -0.05) is 36.4 Å². The molecule has 0 amide bonds. The van der Waals surface area contributed by atoms with E-state index in [1.807, 2.05) is 54.6 Å². The Morgan fingerprint density at radius 2 is 1.68 bits per heavy atom. The van der Waals surface area contributed by atoms with Gasteiger partial charge < -0.3 is 4.74 Å². The number of rotatable bonds is 3. The maximum Gasteiger partial charge on any atom is 0.356 e. The molecule has 1 aromatic carbocycles. The Labute approximate surface area is 128 Å². The van der Waals surface area contributed by atoms with Crippen LogP contribution in [0.4, 0.5) is 0 Å². The topological polar surface area (TPSA) is 52.1 Å². The number of benzene rings is 1. The average Bonchev–Trinajstić information content (AvgIpc) is 2.62. The second kappa shape index (κ2) is 6.18. The molecule has 0 bridgehead atoms. The van der Waals surface area contributed by atoms with Crippen LogP contribution in [0.15, 0.2) is 66.9 Å². The summed E-state index contributed by atoms with van der Waals surface area (Å²) in [5.74, 6) is -0.463. The van der Waals surface area contributed by atoms with Crippen LogP contribution < -0.4 is 0 Å². The number of hydrogen-bond acceptors (Lipinski definition) is 4. The Morgan fingerprint density at radius 1 is 0.909 bits per heavy atom. The largest absolute Gasteiger partial charge is 0.464 e. The Bertz CT molecular complexity index is 729. The summed E-state index contributed by atoms with van der Waals surface area (Å²) in [5.41, 5.74) is 3.53. The molecule has 0 unspecified atom stereocenters. The van der Waals surface area contributed by atoms with Gasteiger partial charge >= 0.3 is 5.97 Å². The maximum absolute atomic E-state index is 11.9. The number of pyridine rings is 2. The highest BCUT2D eigenvalue weighted by Gasteiger charge is 2.13. The maximum atomic E-state index is 11.9. The highest BCUT2D eigenvalue weighted by Crippen LogP contribution is 2.25. The van der Waals surface area contributed by atoms with Crippen LogP contribution in [0.2, 0.25) is 0 Å². The van der Waals surface area contributed by atoms with E-state index in [1.165, 1.54) is 7.11 Å². The molecule has 3 rings (SSSR count). The van der Waals surface area contributed by atoms with E-state index < -0.39 is 5.97 Å². The Kier molecular flexibility index (Phi) is 3.92. The Balaban J connectivity index is 2.17. The molecule has 0 saturated carbocycles. The summed E-state index contributed by atoms with van der Waals surface area (Å²) in [4.78, 5) is 20.6. The van der Waals surface area contributed by atoms with Crippen LogP contribution >= 0.6 is 0 Å². The van der Waals surface area contributed by atoms with E-state index in [4.69, 9.17) is 4.74 Å². The summed E-state index contributed by atoms with van der Waals surface area (Å²) < 4.78 is 4.80. The van der Waals surface area contributed by atoms with Gasteiger partial charge in [-0.3, -0.25) is 4.98 Å². The van der Waals surface area contributed by atoms with Crippen molar-refractivity contribution in [3.8, 4) is 22.5 Å². The molecule has 0 spiro atoms. The first-order chi connectivity index (χ1) is 10.8. The van der Waals surface area contributed by atoms with Crippen molar-refractivity contribution in [1.29, 1.82) is 0 Å². The second-order valence-corrected chi connectivity index (χ2v) is 4.70. The third-order valence-corrected chi connectivity index (χ3v) is 3.25. The van der Waals surface area contributed by atoms with Gasteiger partial charge in [0.1, 0.15) is 5.69 Å². The molecule has 0 radical (unpaired) electrons. The Morgan fingerprint density at radius 3 is 2.36 bits per heavy atom. The van der Waals surface area contributed by atoms with Crippen LogP contribution in [0.1, 0.15) is 10.5 Å². The number of methoxy groups -OCH3 is 1. The van der Waals surface area contributed by atoms with Crippen molar-refractivity contribution in [2.75, 3.05) is 7.11 Å². The summed E-state index contributed by atoms with van der Waals surface area (Å²) in [5, 5.41) is 0. The number of nitrogens with zero attached hydrogens (tertiary/aromatic N) is 2.